The lowest BCUT2D eigenvalue weighted by molar-refractivity contribution is -0.113. The molecular formula is C24H27N5O4S. The van der Waals surface area contributed by atoms with Crippen LogP contribution < -0.4 is 10.6 Å². The molecule has 10 heteroatoms. The third kappa shape index (κ3) is 6.44. The molecule has 34 heavy (non-hydrogen) atoms. The third-order valence-electron chi connectivity index (χ3n) is 4.82. The Morgan fingerprint density at radius 1 is 1.03 bits per heavy atom. The first-order chi connectivity index (χ1) is 16.4. The largest absolute Gasteiger partial charge is 0.462 e. The number of carbonyl (C=O) groups is 3. The van der Waals surface area contributed by atoms with E-state index in [1.54, 1.807) is 55.5 Å². The minimum Gasteiger partial charge on any atom is -0.462 e. The van der Waals surface area contributed by atoms with Gasteiger partial charge >= 0.3 is 5.97 Å². The highest BCUT2D eigenvalue weighted by molar-refractivity contribution is 7.99. The zero-order valence-electron chi connectivity index (χ0n) is 19.3. The lowest BCUT2D eigenvalue weighted by atomic mass is 10.2. The molecule has 2 aromatic carbocycles. The molecule has 0 radical (unpaired) electrons. The summed E-state index contributed by atoms with van der Waals surface area (Å²) in [6.45, 7) is 6.39. The number of nitrogens with zero attached hydrogens (tertiary/aromatic N) is 3. The van der Waals surface area contributed by atoms with E-state index in [0.29, 0.717) is 34.3 Å². The van der Waals surface area contributed by atoms with Gasteiger partial charge < -0.3 is 19.9 Å². The molecule has 1 heterocycles. The average molecular weight is 482 g/mol. The number of thioether (sulfide) groups is 1. The number of carbonyl (C=O) groups excluding carboxylic acids is 3. The molecule has 0 aliphatic rings. The van der Waals surface area contributed by atoms with Crippen molar-refractivity contribution in [3.05, 3.63) is 71.5 Å². The molecule has 3 rings (SSSR count). The lowest BCUT2D eigenvalue weighted by Gasteiger charge is -2.15. The Balaban J connectivity index is 1.60. The fraction of sp³-hybridized carbons (Fsp3) is 0.292. The molecular weight excluding hydrogens is 454 g/mol. The molecule has 1 atom stereocenters. The molecule has 0 unspecified atom stereocenters. The SMILES string of the molecule is CCOC(=O)c1cccc(NC(=O)CSc2nnc([C@@H](C)NC(=O)c3ccccc3)n2CC)c1. The summed E-state index contributed by atoms with van der Waals surface area (Å²) in [5, 5.41) is 14.7. The van der Waals surface area contributed by atoms with Crippen molar-refractivity contribution in [2.75, 3.05) is 17.7 Å². The van der Waals surface area contributed by atoms with Gasteiger partial charge in [0.25, 0.3) is 5.91 Å². The zero-order chi connectivity index (χ0) is 24.5. The summed E-state index contributed by atoms with van der Waals surface area (Å²) in [6.07, 6.45) is 0. The number of amides is 2. The van der Waals surface area contributed by atoms with Crippen molar-refractivity contribution in [2.45, 2.75) is 38.5 Å². The first-order valence-corrected chi connectivity index (χ1v) is 11.9. The number of nitrogens with one attached hydrogen (secondary N) is 2. The molecule has 9 nitrogen and oxygen atoms in total. The fourth-order valence-electron chi connectivity index (χ4n) is 3.22. The summed E-state index contributed by atoms with van der Waals surface area (Å²) in [6, 6.07) is 15.2. The number of ether oxygens (including phenoxy) is 1. The van der Waals surface area contributed by atoms with Crippen LogP contribution in [-0.2, 0) is 16.1 Å². The van der Waals surface area contributed by atoms with Crippen LogP contribution in [0.3, 0.4) is 0 Å². The van der Waals surface area contributed by atoms with Crippen LogP contribution in [-0.4, -0.2) is 44.9 Å². The average Bonchev–Trinajstić information content (AvgIpc) is 3.26. The summed E-state index contributed by atoms with van der Waals surface area (Å²) >= 11 is 1.24. The number of hydrogen-bond donors (Lipinski definition) is 2. The second kappa shape index (κ2) is 12.0. The number of hydrogen-bond acceptors (Lipinski definition) is 7. The molecule has 0 saturated carbocycles. The zero-order valence-corrected chi connectivity index (χ0v) is 20.1. The van der Waals surface area contributed by atoms with Gasteiger partial charge in [-0.25, -0.2) is 4.79 Å². The Hall–Kier alpha value is -3.66. The molecule has 2 amide bonds. The van der Waals surface area contributed by atoms with Gasteiger partial charge in [-0.15, -0.1) is 10.2 Å². The van der Waals surface area contributed by atoms with E-state index in [9.17, 15) is 14.4 Å². The van der Waals surface area contributed by atoms with Crippen molar-refractivity contribution >= 4 is 35.2 Å². The van der Waals surface area contributed by atoms with Gasteiger partial charge in [-0.2, -0.15) is 0 Å². The summed E-state index contributed by atoms with van der Waals surface area (Å²) in [5.41, 5.74) is 1.44. The molecule has 0 bridgehead atoms. The Labute approximate surface area is 202 Å². The van der Waals surface area contributed by atoms with Crippen molar-refractivity contribution in [3.63, 3.8) is 0 Å². The summed E-state index contributed by atoms with van der Waals surface area (Å²) < 4.78 is 6.86. The minimum atomic E-state index is -0.440. The van der Waals surface area contributed by atoms with Crippen molar-refractivity contribution < 1.29 is 19.1 Å². The van der Waals surface area contributed by atoms with E-state index in [4.69, 9.17) is 4.74 Å². The van der Waals surface area contributed by atoms with Crippen LogP contribution in [0.25, 0.3) is 0 Å². The van der Waals surface area contributed by atoms with Crippen molar-refractivity contribution in [1.29, 1.82) is 0 Å². The third-order valence-corrected chi connectivity index (χ3v) is 5.79. The van der Waals surface area contributed by atoms with Crippen molar-refractivity contribution in [2.24, 2.45) is 0 Å². The maximum absolute atomic E-state index is 12.5. The molecule has 0 spiro atoms. The van der Waals surface area contributed by atoms with Gasteiger partial charge in [0.2, 0.25) is 5.91 Å². The molecule has 2 N–H and O–H groups in total. The first kappa shape index (κ1) is 25.0. The Bertz CT molecular complexity index is 1150. The van der Waals surface area contributed by atoms with Crippen LogP contribution in [0.1, 0.15) is 53.4 Å². The van der Waals surface area contributed by atoms with E-state index >= 15 is 0 Å². The molecule has 3 aromatic rings. The minimum absolute atomic E-state index is 0.104. The van der Waals surface area contributed by atoms with Crippen LogP contribution in [0, 0.1) is 0 Å². The van der Waals surface area contributed by atoms with Crippen LogP contribution in [0.4, 0.5) is 5.69 Å². The number of rotatable bonds is 10. The Kier molecular flexibility index (Phi) is 8.80. The van der Waals surface area contributed by atoms with Gasteiger partial charge in [0.05, 0.1) is 24.0 Å². The lowest BCUT2D eigenvalue weighted by Crippen LogP contribution is -2.28. The summed E-state index contributed by atoms with van der Waals surface area (Å²) in [4.78, 5) is 36.8. The summed E-state index contributed by atoms with van der Waals surface area (Å²) in [7, 11) is 0. The Morgan fingerprint density at radius 2 is 1.76 bits per heavy atom. The summed E-state index contributed by atoms with van der Waals surface area (Å²) in [5.74, 6) is -0.171. The van der Waals surface area contributed by atoms with Gasteiger partial charge in [0, 0.05) is 17.8 Å². The maximum Gasteiger partial charge on any atom is 0.338 e. The van der Waals surface area contributed by atoms with Gasteiger partial charge in [0.1, 0.15) is 0 Å². The van der Waals surface area contributed by atoms with E-state index in [2.05, 4.69) is 20.8 Å². The molecule has 0 fully saturated rings. The van der Waals surface area contributed by atoms with Gasteiger partial charge in [0.15, 0.2) is 11.0 Å². The van der Waals surface area contributed by atoms with Crippen LogP contribution >= 0.6 is 11.8 Å². The van der Waals surface area contributed by atoms with Gasteiger partial charge in [-0.1, -0.05) is 36.0 Å². The number of benzene rings is 2. The first-order valence-electron chi connectivity index (χ1n) is 10.9. The highest BCUT2D eigenvalue weighted by Crippen LogP contribution is 2.21. The predicted octanol–water partition coefficient (Wildman–Crippen LogP) is 3.70. The van der Waals surface area contributed by atoms with E-state index in [0.717, 1.165) is 0 Å². The highest BCUT2D eigenvalue weighted by Gasteiger charge is 2.20. The van der Waals surface area contributed by atoms with Gasteiger partial charge in [-0.05, 0) is 51.1 Å². The van der Waals surface area contributed by atoms with E-state index in [1.807, 2.05) is 24.5 Å². The number of anilines is 1. The number of esters is 1. The molecule has 0 aliphatic carbocycles. The standard InChI is InChI=1S/C24H27N5O4S/c1-4-29-21(16(3)25-22(31)17-10-7-6-8-11-17)27-28-24(29)34-15-20(30)26-19-13-9-12-18(14-19)23(32)33-5-2/h6-14,16H,4-5,15H2,1-3H3,(H,25,31)(H,26,30)/t16-/m1/s1. The van der Waals surface area contributed by atoms with Crippen LogP contribution in [0.5, 0.6) is 0 Å². The topological polar surface area (TPSA) is 115 Å². The van der Waals surface area contributed by atoms with Gasteiger partial charge in [-0.3, -0.25) is 9.59 Å². The second-order valence-corrected chi connectivity index (χ2v) is 8.23. The molecule has 0 saturated heterocycles. The fourth-order valence-corrected chi connectivity index (χ4v) is 4.03. The Morgan fingerprint density at radius 3 is 2.47 bits per heavy atom. The predicted molar refractivity (Wildman–Crippen MR) is 130 cm³/mol. The number of aromatic nitrogens is 3. The quantitative estimate of drug-likeness (QED) is 0.335. The van der Waals surface area contributed by atoms with E-state index in [1.165, 1.54) is 11.8 Å². The van der Waals surface area contributed by atoms with E-state index in [-0.39, 0.29) is 30.2 Å². The molecule has 0 aliphatic heterocycles. The maximum atomic E-state index is 12.5. The molecule has 178 valence electrons. The van der Waals surface area contributed by atoms with Crippen molar-refractivity contribution in [3.8, 4) is 0 Å². The van der Waals surface area contributed by atoms with Crippen molar-refractivity contribution in [1.82, 2.24) is 20.1 Å². The normalized spacial score (nSPS) is 11.5. The van der Waals surface area contributed by atoms with E-state index < -0.39 is 5.97 Å². The van der Waals surface area contributed by atoms with Crippen LogP contribution in [0.15, 0.2) is 59.8 Å². The monoisotopic (exact) mass is 481 g/mol. The second-order valence-electron chi connectivity index (χ2n) is 7.28. The van der Waals surface area contributed by atoms with Crippen LogP contribution in [0.2, 0.25) is 0 Å². The molecule has 1 aromatic heterocycles. The smallest absolute Gasteiger partial charge is 0.338 e. The highest BCUT2D eigenvalue weighted by atomic mass is 32.2.